The Morgan fingerprint density at radius 3 is 2.53 bits per heavy atom. The smallest absolute Gasteiger partial charge is 0.411 e. The Morgan fingerprint density at radius 1 is 1.26 bits per heavy atom. The highest BCUT2D eigenvalue weighted by molar-refractivity contribution is 6.30. The molecule has 0 radical (unpaired) electrons. The third-order valence-corrected chi connectivity index (χ3v) is 3.68. The molecule has 1 fully saturated rings. The van der Waals surface area contributed by atoms with Gasteiger partial charge in [0.2, 0.25) is 0 Å². The summed E-state index contributed by atoms with van der Waals surface area (Å²) >= 11 is 5.77. The Balaban J connectivity index is 1.79. The summed E-state index contributed by atoms with van der Waals surface area (Å²) in [4.78, 5) is 11.7. The zero-order valence-corrected chi connectivity index (χ0v) is 11.6. The number of hydrogen-bond acceptors (Lipinski definition) is 3. The standard InChI is InChI=1S/C14H19ClN2O2/c15-11-4-6-12(7-5-11)17-13(18)19-10-14(16)8-2-1-3-9-14/h4-7H,1-3,8-10,16H2,(H,17,18). The molecule has 0 unspecified atom stereocenters. The van der Waals surface area contributed by atoms with Crippen LogP contribution in [0, 0.1) is 0 Å². The number of hydrogen-bond donors (Lipinski definition) is 2. The van der Waals surface area contributed by atoms with Crippen molar-refractivity contribution in [3.05, 3.63) is 29.3 Å². The van der Waals surface area contributed by atoms with Gasteiger partial charge in [-0.05, 0) is 37.1 Å². The molecule has 1 amide bonds. The minimum atomic E-state index is -0.474. The lowest BCUT2D eigenvalue weighted by atomic mass is 9.83. The molecule has 0 bridgehead atoms. The second kappa shape index (κ2) is 6.26. The first-order valence-corrected chi connectivity index (χ1v) is 6.93. The first-order chi connectivity index (χ1) is 9.07. The van der Waals surface area contributed by atoms with Gasteiger partial charge in [-0.3, -0.25) is 5.32 Å². The minimum absolute atomic E-state index is 0.270. The molecule has 4 nitrogen and oxygen atoms in total. The Labute approximate surface area is 118 Å². The molecule has 104 valence electrons. The molecular weight excluding hydrogens is 264 g/mol. The molecule has 0 spiro atoms. The largest absolute Gasteiger partial charge is 0.447 e. The van der Waals surface area contributed by atoms with Crippen LogP contribution in [0.1, 0.15) is 32.1 Å². The van der Waals surface area contributed by atoms with Crippen LogP contribution in [0.4, 0.5) is 10.5 Å². The second-order valence-corrected chi connectivity index (χ2v) is 5.57. The second-order valence-electron chi connectivity index (χ2n) is 5.13. The van der Waals surface area contributed by atoms with Crippen molar-refractivity contribution in [2.75, 3.05) is 11.9 Å². The Hall–Kier alpha value is -1.26. The summed E-state index contributed by atoms with van der Waals surface area (Å²) in [5.41, 5.74) is 6.50. The maximum atomic E-state index is 11.7. The van der Waals surface area contributed by atoms with Gasteiger partial charge in [-0.2, -0.15) is 0 Å². The fraction of sp³-hybridized carbons (Fsp3) is 0.500. The monoisotopic (exact) mass is 282 g/mol. The molecule has 5 heteroatoms. The van der Waals surface area contributed by atoms with Crippen molar-refractivity contribution in [3.63, 3.8) is 0 Å². The molecule has 0 heterocycles. The Kier molecular flexibility index (Phi) is 4.66. The van der Waals surface area contributed by atoms with E-state index >= 15 is 0 Å². The third kappa shape index (κ3) is 4.40. The highest BCUT2D eigenvalue weighted by Crippen LogP contribution is 2.26. The van der Waals surface area contributed by atoms with Gasteiger partial charge in [0.15, 0.2) is 0 Å². The number of nitrogens with two attached hydrogens (primary N) is 1. The van der Waals surface area contributed by atoms with E-state index in [0.717, 1.165) is 25.7 Å². The molecular formula is C14H19ClN2O2. The van der Waals surface area contributed by atoms with E-state index in [0.29, 0.717) is 10.7 Å². The zero-order valence-electron chi connectivity index (χ0n) is 10.8. The first-order valence-electron chi connectivity index (χ1n) is 6.56. The lowest BCUT2D eigenvalue weighted by Crippen LogP contribution is -2.46. The van der Waals surface area contributed by atoms with Gasteiger partial charge in [-0.25, -0.2) is 4.79 Å². The van der Waals surface area contributed by atoms with Gasteiger partial charge in [0.1, 0.15) is 6.61 Å². The predicted octanol–water partition coefficient (Wildman–Crippen LogP) is 3.55. The van der Waals surface area contributed by atoms with Crippen LogP contribution in [-0.2, 0) is 4.74 Å². The Morgan fingerprint density at radius 2 is 1.89 bits per heavy atom. The maximum Gasteiger partial charge on any atom is 0.411 e. The van der Waals surface area contributed by atoms with Crippen molar-refractivity contribution in [2.24, 2.45) is 5.73 Å². The van der Waals surface area contributed by atoms with Crippen molar-refractivity contribution < 1.29 is 9.53 Å². The number of halogens is 1. The van der Waals surface area contributed by atoms with Crippen LogP contribution in [-0.4, -0.2) is 18.2 Å². The highest BCUT2D eigenvalue weighted by Gasteiger charge is 2.28. The third-order valence-electron chi connectivity index (χ3n) is 3.43. The van der Waals surface area contributed by atoms with E-state index in [9.17, 15) is 4.79 Å². The van der Waals surface area contributed by atoms with Crippen LogP contribution >= 0.6 is 11.6 Å². The van der Waals surface area contributed by atoms with E-state index in [-0.39, 0.29) is 12.1 Å². The van der Waals surface area contributed by atoms with Gasteiger partial charge >= 0.3 is 6.09 Å². The van der Waals surface area contributed by atoms with Crippen molar-refractivity contribution in [1.82, 2.24) is 0 Å². The number of ether oxygens (including phenoxy) is 1. The topological polar surface area (TPSA) is 64.3 Å². The SMILES string of the molecule is NC1(COC(=O)Nc2ccc(Cl)cc2)CCCCC1. The van der Waals surface area contributed by atoms with Crippen LogP contribution in [0.25, 0.3) is 0 Å². The average molecular weight is 283 g/mol. The molecule has 0 saturated heterocycles. The quantitative estimate of drug-likeness (QED) is 0.891. The van der Waals surface area contributed by atoms with Gasteiger partial charge in [0.05, 0.1) is 5.54 Å². The van der Waals surface area contributed by atoms with Crippen LogP contribution in [0.15, 0.2) is 24.3 Å². The number of rotatable bonds is 3. The van der Waals surface area contributed by atoms with E-state index in [1.165, 1.54) is 6.42 Å². The molecule has 1 aromatic carbocycles. The lowest BCUT2D eigenvalue weighted by molar-refractivity contribution is 0.112. The molecule has 0 atom stereocenters. The number of anilines is 1. The van der Waals surface area contributed by atoms with Crippen LogP contribution in [0.3, 0.4) is 0 Å². The van der Waals surface area contributed by atoms with E-state index in [4.69, 9.17) is 22.1 Å². The number of carbonyl (C=O) groups excluding carboxylic acids is 1. The van der Waals surface area contributed by atoms with Crippen LogP contribution in [0.5, 0.6) is 0 Å². The normalized spacial score (nSPS) is 17.8. The van der Waals surface area contributed by atoms with Crippen molar-refractivity contribution in [3.8, 4) is 0 Å². The van der Waals surface area contributed by atoms with Crippen molar-refractivity contribution in [1.29, 1.82) is 0 Å². The fourth-order valence-corrected chi connectivity index (χ4v) is 2.42. The molecule has 1 aromatic rings. The summed E-state index contributed by atoms with van der Waals surface area (Å²) < 4.78 is 5.21. The summed E-state index contributed by atoms with van der Waals surface area (Å²) in [6, 6.07) is 6.87. The summed E-state index contributed by atoms with van der Waals surface area (Å²) in [5, 5.41) is 3.28. The van der Waals surface area contributed by atoms with Crippen LogP contribution in [0.2, 0.25) is 5.02 Å². The number of benzene rings is 1. The lowest BCUT2D eigenvalue weighted by Gasteiger charge is -2.32. The maximum absolute atomic E-state index is 11.7. The van der Waals surface area contributed by atoms with Gasteiger partial charge in [0.25, 0.3) is 0 Å². The fourth-order valence-electron chi connectivity index (χ4n) is 2.30. The van der Waals surface area contributed by atoms with E-state index in [1.807, 2.05) is 0 Å². The number of nitrogens with one attached hydrogen (secondary N) is 1. The highest BCUT2D eigenvalue weighted by atomic mass is 35.5. The van der Waals surface area contributed by atoms with E-state index in [2.05, 4.69) is 5.32 Å². The van der Waals surface area contributed by atoms with E-state index in [1.54, 1.807) is 24.3 Å². The van der Waals surface area contributed by atoms with Gasteiger partial charge in [0, 0.05) is 10.7 Å². The van der Waals surface area contributed by atoms with E-state index < -0.39 is 6.09 Å². The summed E-state index contributed by atoms with van der Waals surface area (Å²) in [6.07, 6.45) is 4.80. The summed E-state index contributed by atoms with van der Waals surface area (Å²) in [5.74, 6) is 0. The zero-order chi connectivity index (χ0) is 13.7. The molecule has 2 rings (SSSR count). The molecule has 1 aliphatic carbocycles. The molecule has 1 saturated carbocycles. The number of amides is 1. The predicted molar refractivity (Wildman–Crippen MR) is 76.4 cm³/mol. The minimum Gasteiger partial charge on any atom is -0.447 e. The van der Waals surface area contributed by atoms with Crippen LogP contribution < -0.4 is 11.1 Å². The first kappa shape index (κ1) is 14.2. The number of carbonyl (C=O) groups is 1. The average Bonchev–Trinajstić information content (AvgIpc) is 2.40. The molecule has 0 aromatic heterocycles. The molecule has 0 aliphatic heterocycles. The summed E-state index contributed by atoms with van der Waals surface area (Å²) in [6.45, 7) is 0.270. The van der Waals surface area contributed by atoms with Crippen molar-refractivity contribution >= 4 is 23.4 Å². The van der Waals surface area contributed by atoms with Gasteiger partial charge in [-0.1, -0.05) is 30.9 Å². The van der Waals surface area contributed by atoms with Gasteiger partial charge in [-0.15, -0.1) is 0 Å². The summed E-state index contributed by atoms with van der Waals surface area (Å²) in [7, 11) is 0. The molecule has 3 N–H and O–H groups in total. The molecule has 1 aliphatic rings. The Bertz CT molecular complexity index is 428. The van der Waals surface area contributed by atoms with Crippen molar-refractivity contribution in [2.45, 2.75) is 37.6 Å². The van der Waals surface area contributed by atoms with Gasteiger partial charge < -0.3 is 10.5 Å². The molecule has 19 heavy (non-hydrogen) atoms.